The van der Waals surface area contributed by atoms with Crippen LogP contribution >= 0.6 is 15.9 Å². The minimum atomic E-state index is -4.53. The Hall–Kier alpha value is -1.57. The number of alkyl halides is 3. The fraction of sp³-hybridized carbons (Fsp3) is 0.429. The molecule has 1 atom stereocenters. The third-order valence-corrected chi connectivity index (χ3v) is 3.54. The molecule has 0 heterocycles. The summed E-state index contributed by atoms with van der Waals surface area (Å²) in [5, 5.41) is 4.87. The summed E-state index contributed by atoms with van der Waals surface area (Å²) < 4.78 is 38.4. The van der Waals surface area contributed by atoms with Crippen LogP contribution in [0.5, 0.6) is 0 Å². The molecule has 0 saturated heterocycles. The normalized spacial score (nSPS) is 12.9. The van der Waals surface area contributed by atoms with Crippen LogP contribution in [0.1, 0.15) is 26.3 Å². The highest BCUT2D eigenvalue weighted by molar-refractivity contribution is 9.10. The van der Waals surface area contributed by atoms with E-state index in [0.29, 0.717) is 0 Å². The molecule has 122 valence electrons. The van der Waals surface area contributed by atoms with Gasteiger partial charge in [0.05, 0.1) is 5.56 Å². The first-order valence-corrected chi connectivity index (χ1v) is 7.26. The van der Waals surface area contributed by atoms with Crippen LogP contribution in [0.4, 0.5) is 18.9 Å². The van der Waals surface area contributed by atoms with Crippen molar-refractivity contribution in [3.63, 3.8) is 0 Å². The van der Waals surface area contributed by atoms with Crippen molar-refractivity contribution in [3.8, 4) is 0 Å². The van der Waals surface area contributed by atoms with Crippen LogP contribution in [-0.2, 0) is 15.8 Å². The van der Waals surface area contributed by atoms with Crippen molar-refractivity contribution < 1.29 is 22.8 Å². The number of benzene rings is 1. The summed E-state index contributed by atoms with van der Waals surface area (Å²) >= 11 is 2.83. The molecule has 0 spiro atoms. The van der Waals surface area contributed by atoms with Crippen LogP contribution < -0.4 is 10.6 Å². The van der Waals surface area contributed by atoms with Crippen molar-refractivity contribution in [1.29, 1.82) is 0 Å². The molecule has 8 heteroatoms. The van der Waals surface area contributed by atoms with Gasteiger partial charge >= 0.3 is 6.18 Å². The Kier molecular flexibility index (Phi) is 5.99. The Morgan fingerprint density at radius 2 is 1.82 bits per heavy atom. The van der Waals surface area contributed by atoms with Gasteiger partial charge < -0.3 is 10.6 Å². The number of rotatable bonds is 4. The van der Waals surface area contributed by atoms with Gasteiger partial charge in [-0.2, -0.15) is 13.2 Å². The van der Waals surface area contributed by atoms with Gasteiger partial charge in [-0.1, -0.05) is 29.8 Å². The maximum absolute atomic E-state index is 12.8. The first kappa shape index (κ1) is 18.5. The van der Waals surface area contributed by atoms with Gasteiger partial charge in [0.25, 0.3) is 0 Å². The van der Waals surface area contributed by atoms with E-state index in [1.54, 1.807) is 13.8 Å². The molecule has 1 rings (SSSR count). The fourth-order valence-electron chi connectivity index (χ4n) is 1.79. The lowest BCUT2D eigenvalue weighted by Gasteiger charge is -2.21. The number of hydrogen-bond acceptors (Lipinski definition) is 2. The van der Waals surface area contributed by atoms with Crippen LogP contribution in [0.3, 0.4) is 0 Å². The van der Waals surface area contributed by atoms with Crippen molar-refractivity contribution in [3.05, 3.63) is 28.2 Å². The lowest BCUT2D eigenvalue weighted by atomic mass is 10.0. The number of carbonyl (C=O) groups excluding carboxylic acids is 2. The van der Waals surface area contributed by atoms with Crippen LogP contribution in [0.2, 0.25) is 0 Å². The lowest BCUT2D eigenvalue weighted by Crippen LogP contribution is -2.46. The molecule has 22 heavy (non-hydrogen) atoms. The first-order chi connectivity index (χ1) is 10.0. The molecule has 1 aromatic carbocycles. The Bertz CT molecular complexity index is 574. The molecule has 0 aliphatic rings. The number of halogens is 4. The summed E-state index contributed by atoms with van der Waals surface area (Å²) in [4.78, 5) is 23.2. The number of carbonyl (C=O) groups is 2. The van der Waals surface area contributed by atoms with E-state index in [2.05, 4.69) is 26.6 Å². The van der Waals surface area contributed by atoms with Crippen molar-refractivity contribution in [2.75, 3.05) is 5.32 Å². The molecular weight excluding hydrogens is 365 g/mol. The largest absolute Gasteiger partial charge is 0.417 e. The number of anilines is 1. The van der Waals surface area contributed by atoms with E-state index in [0.717, 1.165) is 6.07 Å². The van der Waals surface area contributed by atoms with Gasteiger partial charge in [0.1, 0.15) is 6.04 Å². The summed E-state index contributed by atoms with van der Waals surface area (Å²) in [7, 11) is 0. The predicted octanol–water partition coefficient (Wildman–Crippen LogP) is 3.57. The average molecular weight is 381 g/mol. The molecule has 0 unspecified atom stereocenters. The van der Waals surface area contributed by atoms with E-state index in [1.165, 1.54) is 19.1 Å². The van der Waals surface area contributed by atoms with E-state index in [4.69, 9.17) is 0 Å². The maximum Gasteiger partial charge on any atom is 0.417 e. The van der Waals surface area contributed by atoms with E-state index < -0.39 is 23.7 Å². The lowest BCUT2D eigenvalue weighted by molar-refractivity contribution is -0.138. The minimum absolute atomic E-state index is 0.0107. The second-order valence-corrected chi connectivity index (χ2v) is 5.96. The van der Waals surface area contributed by atoms with Gasteiger partial charge in [-0.15, -0.1) is 0 Å². The third kappa shape index (κ3) is 5.01. The fourth-order valence-corrected chi connectivity index (χ4v) is 2.27. The van der Waals surface area contributed by atoms with E-state index >= 15 is 0 Å². The van der Waals surface area contributed by atoms with Crippen molar-refractivity contribution >= 4 is 33.4 Å². The minimum Gasteiger partial charge on any atom is -0.344 e. The maximum atomic E-state index is 12.8. The highest BCUT2D eigenvalue weighted by Gasteiger charge is 2.33. The third-order valence-electron chi connectivity index (χ3n) is 2.85. The summed E-state index contributed by atoms with van der Waals surface area (Å²) in [6, 6.07) is 2.58. The zero-order valence-corrected chi connectivity index (χ0v) is 13.8. The molecule has 0 aliphatic carbocycles. The van der Waals surface area contributed by atoms with Gasteiger partial charge in [-0.25, -0.2) is 0 Å². The number of hydrogen-bond donors (Lipinski definition) is 2. The van der Waals surface area contributed by atoms with Gasteiger partial charge in [-0.05, 0) is 24.1 Å². The summed E-state index contributed by atoms with van der Waals surface area (Å²) in [5.41, 5.74) is -0.873. The quantitative estimate of drug-likeness (QED) is 0.838. The van der Waals surface area contributed by atoms with Gasteiger partial charge in [0.15, 0.2) is 0 Å². The molecule has 0 fully saturated rings. The molecule has 0 aliphatic heterocycles. The number of amides is 2. The Balaban J connectivity index is 2.99. The van der Waals surface area contributed by atoms with Crippen molar-refractivity contribution in [1.82, 2.24) is 5.32 Å². The second-order valence-electron chi connectivity index (χ2n) is 5.10. The monoisotopic (exact) mass is 380 g/mol. The zero-order valence-electron chi connectivity index (χ0n) is 12.2. The zero-order chi connectivity index (χ0) is 17.1. The average Bonchev–Trinajstić information content (AvgIpc) is 2.36. The molecule has 2 N–H and O–H groups in total. The summed E-state index contributed by atoms with van der Waals surface area (Å²) in [6.45, 7) is 4.72. The Labute approximate surface area is 134 Å². The summed E-state index contributed by atoms with van der Waals surface area (Å²) in [5.74, 6) is -1.16. The second kappa shape index (κ2) is 7.13. The highest BCUT2D eigenvalue weighted by atomic mass is 79.9. The molecular formula is C14H16BrF3N2O2. The smallest absolute Gasteiger partial charge is 0.344 e. The molecule has 1 aromatic rings. The Morgan fingerprint density at radius 1 is 1.23 bits per heavy atom. The Morgan fingerprint density at radius 3 is 2.27 bits per heavy atom. The van der Waals surface area contributed by atoms with E-state index in [1.807, 2.05) is 0 Å². The molecule has 2 amide bonds. The van der Waals surface area contributed by atoms with Crippen LogP contribution in [-0.4, -0.2) is 17.9 Å². The van der Waals surface area contributed by atoms with E-state index in [-0.39, 0.29) is 22.0 Å². The molecule has 0 aromatic heterocycles. The molecule has 0 bridgehead atoms. The first-order valence-electron chi connectivity index (χ1n) is 6.47. The van der Waals surface area contributed by atoms with Crippen LogP contribution in [0, 0.1) is 5.92 Å². The molecule has 4 nitrogen and oxygen atoms in total. The van der Waals surface area contributed by atoms with Crippen LogP contribution in [0.25, 0.3) is 0 Å². The SMILES string of the molecule is CC(=O)N[C@H](C(=O)Nc1ccc(Br)c(C(F)(F)F)c1)C(C)C. The van der Waals surface area contributed by atoms with Crippen molar-refractivity contribution in [2.24, 2.45) is 5.92 Å². The molecule has 0 saturated carbocycles. The van der Waals surface area contributed by atoms with Crippen LogP contribution in [0.15, 0.2) is 22.7 Å². The van der Waals surface area contributed by atoms with Gasteiger partial charge in [0, 0.05) is 17.1 Å². The summed E-state index contributed by atoms with van der Waals surface area (Å²) in [6.07, 6.45) is -4.53. The number of nitrogens with one attached hydrogen (secondary N) is 2. The topological polar surface area (TPSA) is 58.2 Å². The van der Waals surface area contributed by atoms with Crippen molar-refractivity contribution in [2.45, 2.75) is 33.0 Å². The van der Waals surface area contributed by atoms with E-state index in [9.17, 15) is 22.8 Å². The van der Waals surface area contributed by atoms with Gasteiger partial charge in [0.2, 0.25) is 11.8 Å². The van der Waals surface area contributed by atoms with Gasteiger partial charge in [-0.3, -0.25) is 9.59 Å². The standard InChI is InChI=1S/C14H16BrF3N2O2/c1-7(2)12(19-8(3)21)13(22)20-9-4-5-11(15)10(6-9)14(16,17)18/h4-7,12H,1-3H3,(H,19,21)(H,20,22)/t12-/m0/s1. The highest BCUT2D eigenvalue weighted by Crippen LogP contribution is 2.36. The predicted molar refractivity (Wildman–Crippen MR) is 80.2 cm³/mol. The molecule has 0 radical (unpaired) electrons.